The fraction of sp³-hybridized carbons (Fsp3) is 0.208. The summed E-state index contributed by atoms with van der Waals surface area (Å²) < 4.78 is 43.9. The largest absolute Gasteiger partial charge is 0.470 e. The highest BCUT2D eigenvalue weighted by Crippen LogP contribution is 2.33. The summed E-state index contributed by atoms with van der Waals surface area (Å²) >= 11 is 0. The number of aromatic nitrogens is 4. The first-order valence-electron chi connectivity index (χ1n) is 10.9. The molecule has 0 fully saturated rings. The second-order valence-electron chi connectivity index (χ2n) is 8.06. The fourth-order valence-corrected chi connectivity index (χ4v) is 3.32. The van der Waals surface area contributed by atoms with Crippen LogP contribution in [-0.2, 0) is 6.18 Å². The number of aliphatic hydroxyl groups excluding tert-OH is 1. The Balaban J connectivity index is 1.67. The summed E-state index contributed by atoms with van der Waals surface area (Å²) in [5.41, 5.74) is 1.77. The number of nitrogens with zero attached hydrogens (tertiary/aromatic N) is 5. The third-order valence-corrected chi connectivity index (χ3v) is 5.18. The minimum atomic E-state index is -4.82. The number of carbonyl (C=O) groups excluding carboxylic acids is 1. The molecule has 0 aliphatic rings. The van der Waals surface area contributed by atoms with E-state index >= 15 is 0 Å². The highest BCUT2D eigenvalue weighted by Gasteiger charge is 2.38. The van der Waals surface area contributed by atoms with Crippen molar-refractivity contribution in [2.45, 2.75) is 12.2 Å². The van der Waals surface area contributed by atoms with Gasteiger partial charge in [0.15, 0.2) is 0 Å². The third-order valence-electron chi connectivity index (χ3n) is 5.18. The lowest BCUT2D eigenvalue weighted by molar-refractivity contribution is -0.156. The zero-order valence-electron chi connectivity index (χ0n) is 19.7. The Kier molecular flexibility index (Phi) is 7.34. The van der Waals surface area contributed by atoms with Gasteiger partial charge in [-0.2, -0.15) is 18.2 Å². The molecule has 4 rings (SSSR count). The molecule has 13 heteroatoms. The van der Waals surface area contributed by atoms with Crippen LogP contribution in [0.5, 0.6) is 0 Å². The van der Waals surface area contributed by atoms with Crippen molar-refractivity contribution in [1.82, 2.24) is 25.1 Å². The van der Waals surface area contributed by atoms with E-state index < -0.39 is 24.0 Å². The van der Waals surface area contributed by atoms with Gasteiger partial charge in [0, 0.05) is 31.5 Å². The minimum Gasteiger partial charge on any atom is -0.412 e. The Labute approximate surface area is 209 Å². The van der Waals surface area contributed by atoms with Crippen LogP contribution in [0, 0.1) is 0 Å². The number of hydrogen-bond donors (Lipinski definition) is 3. The Morgan fingerprint density at radius 1 is 1.08 bits per heavy atom. The van der Waals surface area contributed by atoms with Crippen molar-refractivity contribution in [2.75, 3.05) is 31.3 Å². The molecule has 2 heterocycles. The van der Waals surface area contributed by atoms with Crippen molar-refractivity contribution in [3.8, 4) is 11.5 Å². The Morgan fingerprint density at radius 3 is 2.38 bits per heavy atom. The van der Waals surface area contributed by atoms with E-state index in [0.29, 0.717) is 16.8 Å². The smallest absolute Gasteiger partial charge is 0.412 e. The lowest BCUT2D eigenvalue weighted by Gasteiger charge is -2.19. The molecule has 0 aliphatic carbocycles. The number of amides is 1. The first-order valence-corrected chi connectivity index (χ1v) is 10.9. The number of alkyl halides is 3. The van der Waals surface area contributed by atoms with Crippen LogP contribution in [0.4, 0.5) is 30.6 Å². The minimum absolute atomic E-state index is 0.00913. The monoisotopic (exact) mass is 513 g/mol. The van der Waals surface area contributed by atoms with Gasteiger partial charge in [-0.15, -0.1) is 10.2 Å². The summed E-state index contributed by atoms with van der Waals surface area (Å²) in [6.07, 6.45) is -3.59. The highest BCUT2D eigenvalue weighted by molar-refractivity contribution is 5.94. The van der Waals surface area contributed by atoms with Gasteiger partial charge in [-0.05, 0) is 29.8 Å². The van der Waals surface area contributed by atoms with E-state index in [1.165, 1.54) is 11.1 Å². The number of rotatable bonds is 8. The lowest BCUT2D eigenvalue weighted by atomic mass is 10.1. The Bertz CT molecular complexity index is 1360. The molecule has 0 unspecified atom stereocenters. The molecule has 1 atom stereocenters. The van der Waals surface area contributed by atoms with E-state index in [-0.39, 0.29) is 29.8 Å². The maximum absolute atomic E-state index is 13.0. The molecule has 0 aliphatic heterocycles. The van der Waals surface area contributed by atoms with Crippen molar-refractivity contribution in [2.24, 2.45) is 0 Å². The molecule has 0 spiro atoms. The van der Waals surface area contributed by atoms with Crippen molar-refractivity contribution in [3.05, 3.63) is 77.8 Å². The molecule has 0 saturated carbocycles. The Morgan fingerprint density at radius 2 is 1.78 bits per heavy atom. The molecule has 2 aromatic carbocycles. The third kappa shape index (κ3) is 6.01. The van der Waals surface area contributed by atoms with Crippen LogP contribution in [0.15, 0.2) is 65.2 Å². The van der Waals surface area contributed by atoms with Gasteiger partial charge in [0.1, 0.15) is 5.82 Å². The predicted molar refractivity (Wildman–Crippen MR) is 128 cm³/mol. The van der Waals surface area contributed by atoms with Crippen LogP contribution in [0.3, 0.4) is 0 Å². The van der Waals surface area contributed by atoms with Gasteiger partial charge in [-0.1, -0.05) is 30.3 Å². The number of hydrogen-bond acceptors (Lipinski definition) is 9. The summed E-state index contributed by atoms with van der Waals surface area (Å²) in [6.45, 7) is -0.338. The highest BCUT2D eigenvalue weighted by atomic mass is 19.4. The van der Waals surface area contributed by atoms with Crippen LogP contribution in [0.1, 0.15) is 27.9 Å². The number of anilines is 3. The van der Waals surface area contributed by atoms with Gasteiger partial charge in [0.2, 0.25) is 5.95 Å². The van der Waals surface area contributed by atoms with E-state index in [1.807, 2.05) is 6.07 Å². The van der Waals surface area contributed by atoms with E-state index in [1.54, 1.807) is 62.6 Å². The van der Waals surface area contributed by atoms with Crippen LogP contribution >= 0.6 is 0 Å². The number of nitrogens with one attached hydrogen (secondary N) is 2. The summed E-state index contributed by atoms with van der Waals surface area (Å²) in [7, 11) is 3.29. The number of halogens is 3. The molecule has 3 N–H and O–H groups in total. The lowest BCUT2D eigenvalue weighted by Crippen LogP contribution is -2.21. The van der Waals surface area contributed by atoms with E-state index in [9.17, 15) is 23.1 Å². The van der Waals surface area contributed by atoms with Gasteiger partial charge in [0.05, 0.1) is 18.2 Å². The van der Waals surface area contributed by atoms with E-state index in [2.05, 4.69) is 30.8 Å². The average Bonchev–Trinajstić information content (AvgIpc) is 3.39. The topological polar surface area (TPSA) is 129 Å². The number of aliphatic hydroxyl groups is 1. The molecule has 10 nitrogen and oxygen atoms in total. The summed E-state index contributed by atoms with van der Waals surface area (Å²) in [4.78, 5) is 22.1. The number of benzene rings is 2. The summed E-state index contributed by atoms with van der Waals surface area (Å²) in [5, 5.41) is 22.5. The zero-order chi connectivity index (χ0) is 26.6. The zero-order valence-corrected chi connectivity index (χ0v) is 19.7. The van der Waals surface area contributed by atoms with Crippen LogP contribution in [-0.4, -0.2) is 56.8 Å². The molecule has 2 aromatic heterocycles. The first-order chi connectivity index (χ1) is 17.7. The van der Waals surface area contributed by atoms with Crippen molar-refractivity contribution in [3.63, 3.8) is 0 Å². The van der Waals surface area contributed by atoms with Crippen molar-refractivity contribution >= 4 is 23.4 Å². The number of carbonyl (C=O) groups is 1. The molecule has 0 radical (unpaired) electrons. The van der Waals surface area contributed by atoms with Crippen LogP contribution < -0.4 is 10.6 Å². The maximum Gasteiger partial charge on any atom is 0.470 e. The molecule has 4 aromatic rings. The normalized spacial score (nSPS) is 12.2. The average molecular weight is 513 g/mol. The summed E-state index contributed by atoms with van der Waals surface area (Å²) in [6, 6.07) is 14.9. The second-order valence-corrected chi connectivity index (χ2v) is 8.06. The van der Waals surface area contributed by atoms with Crippen LogP contribution in [0.25, 0.3) is 11.5 Å². The van der Waals surface area contributed by atoms with Gasteiger partial charge in [-0.3, -0.25) is 4.79 Å². The predicted octanol–water partition coefficient (Wildman–Crippen LogP) is 4.14. The molecule has 37 heavy (non-hydrogen) atoms. The van der Waals surface area contributed by atoms with Gasteiger partial charge in [-0.25, -0.2) is 4.98 Å². The second kappa shape index (κ2) is 10.6. The first kappa shape index (κ1) is 25.6. The van der Waals surface area contributed by atoms with Gasteiger partial charge < -0.3 is 25.1 Å². The molecular weight excluding hydrogens is 491 g/mol. The quantitative estimate of drug-likeness (QED) is 0.318. The maximum atomic E-state index is 13.0. The molecule has 192 valence electrons. The van der Waals surface area contributed by atoms with E-state index in [4.69, 9.17) is 4.42 Å². The van der Waals surface area contributed by atoms with Gasteiger partial charge >= 0.3 is 12.1 Å². The van der Waals surface area contributed by atoms with E-state index in [0.717, 1.165) is 0 Å². The fourth-order valence-electron chi connectivity index (χ4n) is 3.32. The summed E-state index contributed by atoms with van der Waals surface area (Å²) in [5.74, 6) is -1.97. The Hall–Kier alpha value is -4.52. The van der Waals surface area contributed by atoms with Crippen molar-refractivity contribution < 1.29 is 27.5 Å². The molecular formula is C24H22F3N7O3. The SMILES string of the molecule is CN(C)C(=O)c1ccc(Nc2ncc(-c3nnc(C(F)(F)F)o3)c(N[C@H](CO)c3ccccc3)n2)cc1. The van der Waals surface area contributed by atoms with Gasteiger partial charge in [0.25, 0.3) is 11.8 Å². The molecule has 1 amide bonds. The van der Waals surface area contributed by atoms with Crippen molar-refractivity contribution in [1.29, 1.82) is 0 Å². The molecule has 0 bridgehead atoms. The van der Waals surface area contributed by atoms with Crippen LogP contribution in [0.2, 0.25) is 0 Å². The standard InChI is InChI=1S/C24H22F3N7O3/c1-34(2)21(36)15-8-10-16(11-9-15)29-23-28-12-17(20-32-33-22(37-20)24(25,26)27)19(31-23)30-18(13-35)14-6-4-3-5-7-14/h3-12,18,35H,13H2,1-2H3,(H2,28,29,30,31)/t18-/m1/s1. The molecule has 0 saturated heterocycles.